The zero-order valence-corrected chi connectivity index (χ0v) is 19.4. The molecule has 166 valence electrons. The number of carboxylic acids is 1. The van der Waals surface area contributed by atoms with Crippen molar-refractivity contribution >= 4 is 28.3 Å². The minimum absolute atomic E-state index is 0.0528. The number of carbonyl (C=O) groups is 2. The van der Waals surface area contributed by atoms with E-state index in [0.29, 0.717) is 22.0 Å². The van der Waals surface area contributed by atoms with Crippen LogP contribution in [0, 0.1) is 0 Å². The molecule has 0 atom stereocenters. The van der Waals surface area contributed by atoms with Crippen molar-refractivity contribution in [2.75, 3.05) is 5.32 Å². The topological polar surface area (TPSA) is 79.3 Å². The second-order valence-electron chi connectivity index (χ2n) is 8.72. The molecule has 5 nitrogen and oxygen atoms in total. The number of carboxylic acid groups (broad SMARTS) is 1. The number of anilines is 1. The van der Waals surface area contributed by atoms with Gasteiger partial charge in [-0.3, -0.25) is 10.1 Å². The number of nitrogens with one attached hydrogen (secondary N) is 1. The maximum absolute atomic E-state index is 13.1. The van der Waals surface area contributed by atoms with Crippen molar-refractivity contribution < 1.29 is 14.7 Å². The lowest BCUT2D eigenvalue weighted by Gasteiger charge is -2.19. The van der Waals surface area contributed by atoms with Crippen LogP contribution in [0.2, 0.25) is 0 Å². The highest BCUT2D eigenvalue weighted by atomic mass is 32.1. The highest BCUT2D eigenvalue weighted by molar-refractivity contribution is 7.14. The van der Waals surface area contributed by atoms with Crippen LogP contribution in [0.25, 0.3) is 22.4 Å². The standard InChI is InChI=1S/C27H24N2O3S/c1-27(2,3)18-14-12-17(13-15-18)19-8-4-6-10-21(19)24(30)29-26-28-23(16-33-26)20-9-5-7-11-22(20)25(31)32/h4-16H,1-3H3,(H,31,32)(H,28,29,30). The minimum atomic E-state index is -1.02. The summed E-state index contributed by atoms with van der Waals surface area (Å²) in [5.74, 6) is -1.28. The van der Waals surface area contributed by atoms with Crippen molar-refractivity contribution in [3.63, 3.8) is 0 Å². The highest BCUT2D eigenvalue weighted by Crippen LogP contribution is 2.30. The van der Waals surface area contributed by atoms with E-state index in [1.54, 1.807) is 29.6 Å². The second kappa shape index (κ2) is 9.00. The number of aromatic carboxylic acids is 1. The third-order valence-corrected chi connectivity index (χ3v) is 6.15. The molecule has 1 amide bonds. The Morgan fingerprint density at radius 3 is 2.09 bits per heavy atom. The van der Waals surface area contributed by atoms with Crippen LogP contribution in [0.3, 0.4) is 0 Å². The molecule has 0 saturated carbocycles. The Labute approximate surface area is 196 Å². The van der Waals surface area contributed by atoms with Gasteiger partial charge in [0.1, 0.15) is 0 Å². The monoisotopic (exact) mass is 456 g/mol. The molecule has 6 heteroatoms. The fourth-order valence-corrected chi connectivity index (χ4v) is 4.30. The van der Waals surface area contributed by atoms with E-state index in [9.17, 15) is 14.7 Å². The van der Waals surface area contributed by atoms with Crippen LogP contribution in [0.5, 0.6) is 0 Å². The normalized spacial score (nSPS) is 11.2. The van der Waals surface area contributed by atoms with Crippen LogP contribution in [-0.2, 0) is 5.41 Å². The molecule has 0 spiro atoms. The number of carbonyl (C=O) groups excluding carboxylic acids is 1. The Balaban J connectivity index is 1.60. The number of hydrogen-bond donors (Lipinski definition) is 2. The summed E-state index contributed by atoms with van der Waals surface area (Å²) in [5, 5.41) is 14.5. The van der Waals surface area contributed by atoms with Crippen LogP contribution < -0.4 is 5.32 Å². The number of amides is 1. The number of aromatic nitrogens is 1. The lowest BCUT2D eigenvalue weighted by Crippen LogP contribution is -2.13. The molecule has 1 heterocycles. The van der Waals surface area contributed by atoms with Crippen LogP contribution >= 0.6 is 11.3 Å². The van der Waals surface area contributed by atoms with Crippen LogP contribution in [0.1, 0.15) is 47.1 Å². The van der Waals surface area contributed by atoms with Gasteiger partial charge < -0.3 is 5.11 Å². The molecule has 4 aromatic rings. The smallest absolute Gasteiger partial charge is 0.336 e. The molecule has 0 bridgehead atoms. The van der Waals surface area contributed by atoms with Gasteiger partial charge in [-0.2, -0.15) is 0 Å². The largest absolute Gasteiger partial charge is 0.478 e. The van der Waals surface area contributed by atoms with Gasteiger partial charge >= 0.3 is 5.97 Å². The summed E-state index contributed by atoms with van der Waals surface area (Å²) in [7, 11) is 0. The Morgan fingerprint density at radius 2 is 1.45 bits per heavy atom. The number of benzene rings is 3. The summed E-state index contributed by atoms with van der Waals surface area (Å²) in [5.41, 5.74) is 4.82. The number of rotatable bonds is 5. The summed E-state index contributed by atoms with van der Waals surface area (Å²) >= 11 is 1.26. The van der Waals surface area contributed by atoms with E-state index in [1.165, 1.54) is 23.0 Å². The first-order valence-corrected chi connectivity index (χ1v) is 11.4. The lowest BCUT2D eigenvalue weighted by atomic mass is 9.86. The van der Waals surface area contributed by atoms with E-state index in [0.717, 1.165) is 11.1 Å². The molecule has 0 aliphatic rings. The zero-order valence-electron chi connectivity index (χ0n) is 18.6. The number of nitrogens with zero attached hydrogens (tertiary/aromatic N) is 1. The first-order valence-electron chi connectivity index (χ1n) is 10.5. The van der Waals surface area contributed by atoms with Gasteiger partial charge in [-0.25, -0.2) is 9.78 Å². The third kappa shape index (κ3) is 4.86. The predicted molar refractivity (Wildman–Crippen MR) is 133 cm³/mol. The molecular weight excluding hydrogens is 432 g/mol. The second-order valence-corrected chi connectivity index (χ2v) is 9.57. The third-order valence-electron chi connectivity index (χ3n) is 5.39. The molecule has 3 aromatic carbocycles. The quantitative estimate of drug-likeness (QED) is 0.349. The van der Waals surface area contributed by atoms with Gasteiger partial charge in [0.25, 0.3) is 5.91 Å². The first-order chi connectivity index (χ1) is 15.7. The van der Waals surface area contributed by atoms with E-state index in [4.69, 9.17) is 0 Å². The van der Waals surface area contributed by atoms with Gasteiger partial charge in [0.2, 0.25) is 0 Å². The van der Waals surface area contributed by atoms with Crippen molar-refractivity contribution in [2.45, 2.75) is 26.2 Å². The maximum Gasteiger partial charge on any atom is 0.336 e. The van der Waals surface area contributed by atoms with Crippen LogP contribution in [0.15, 0.2) is 78.2 Å². The predicted octanol–water partition coefficient (Wildman–Crippen LogP) is 6.73. The molecule has 0 unspecified atom stereocenters. The molecule has 0 fully saturated rings. The minimum Gasteiger partial charge on any atom is -0.478 e. The van der Waals surface area contributed by atoms with Crippen molar-refractivity contribution in [2.24, 2.45) is 0 Å². The van der Waals surface area contributed by atoms with Crippen molar-refractivity contribution in [3.8, 4) is 22.4 Å². The maximum atomic E-state index is 13.1. The average molecular weight is 457 g/mol. The summed E-state index contributed by atoms with van der Waals surface area (Å²) in [4.78, 5) is 29.1. The molecule has 4 rings (SSSR count). The molecule has 2 N–H and O–H groups in total. The molecule has 1 aromatic heterocycles. The van der Waals surface area contributed by atoms with Gasteiger partial charge in [-0.05, 0) is 34.2 Å². The molecular formula is C27H24N2O3S. The summed E-state index contributed by atoms with van der Waals surface area (Å²) < 4.78 is 0. The highest BCUT2D eigenvalue weighted by Gasteiger charge is 2.18. The Morgan fingerprint density at radius 1 is 0.848 bits per heavy atom. The zero-order chi connectivity index (χ0) is 23.6. The first kappa shape index (κ1) is 22.4. The van der Waals surface area contributed by atoms with Gasteiger partial charge in [-0.1, -0.05) is 81.4 Å². The van der Waals surface area contributed by atoms with Crippen molar-refractivity contribution in [1.82, 2.24) is 4.98 Å². The SMILES string of the molecule is CC(C)(C)c1ccc(-c2ccccc2C(=O)Nc2nc(-c3ccccc3C(=O)O)cs2)cc1. The molecule has 0 aliphatic carbocycles. The van der Waals surface area contributed by atoms with E-state index < -0.39 is 5.97 Å². The summed E-state index contributed by atoms with van der Waals surface area (Å²) in [6.07, 6.45) is 0. The van der Waals surface area contributed by atoms with Crippen LogP contribution in [0.4, 0.5) is 5.13 Å². The van der Waals surface area contributed by atoms with Gasteiger partial charge in [-0.15, -0.1) is 11.3 Å². The summed E-state index contributed by atoms with van der Waals surface area (Å²) in [6.45, 7) is 6.50. The Bertz CT molecular complexity index is 1320. The van der Waals surface area contributed by atoms with Gasteiger partial charge in [0, 0.05) is 16.5 Å². The van der Waals surface area contributed by atoms with Crippen molar-refractivity contribution in [1.29, 1.82) is 0 Å². The molecule has 33 heavy (non-hydrogen) atoms. The fourth-order valence-electron chi connectivity index (χ4n) is 3.59. The van der Waals surface area contributed by atoms with E-state index >= 15 is 0 Å². The van der Waals surface area contributed by atoms with Gasteiger partial charge in [0.15, 0.2) is 5.13 Å². The number of thiazole rings is 1. The van der Waals surface area contributed by atoms with Gasteiger partial charge in [0.05, 0.1) is 11.3 Å². The molecule has 0 aliphatic heterocycles. The van der Waals surface area contributed by atoms with Crippen molar-refractivity contribution in [3.05, 3.63) is 94.9 Å². The Hall–Kier alpha value is -3.77. The van der Waals surface area contributed by atoms with Crippen LogP contribution in [-0.4, -0.2) is 22.0 Å². The molecule has 0 radical (unpaired) electrons. The average Bonchev–Trinajstić information content (AvgIpc) is 3.27. The van der Waals surface area contributed by atoms with E-state index in [2.05, 4.69) is 43.2 Å². The summed E-state index contributed by atoms with van der Waals surface area (Å²) in [6, 6.07) is 22.4. The number of hydrogen-bond acceptors (Lipinski definition) is 4. The Kier molecular flexibility index (Phi) is 6.11. The lowest BCUT2D eigenvalue weighted by molar-refractivity contribution is 0.0697. The fraction of sp³-hybridized carbons (Fsp3) is 0.148. The van der Waals surface area contributed by atoms with E-state index in [-0.39, 0.29) is 16.9 Å². The molecule has 0 saturated heterocycles. The van der Waals surface area contributed by atoms with E-state index in [1.807, 2.05) is 30.3 Å².